The van der Waals surface area contributed by atoms with E-state index >= 15 is 0 Å². The Balaban J connectivity index is 1.78. The van der Waals surface area contributed by atoms with E-state index < -0.39 is 8.32 Å². The molecular formula is C33H49NO2Si. The zero-order valence-corrected chi connectivity index (χ0v) is 26.0. The lowest BCUT2D eigenvalue weighted by atomic mass is 9.70. The number of aromatic nitrogens is 1. The van der Waals surface area contributed by atoms with Crippen molar-refractivity contribution in [3.05, 3.63) is 63.5 Å². The van der Waals surface area contributed by atoms with Gasteiger partial charge in [0.25, 0.3) is 0 Å². The largest absolute Gasteiger partial charge is 0.410 e. The summed E-state index contributed by atoms with van der Waals surface area (Å²) in [6.07, 6.45) is 6.76. The molecule has 1 fully saturated rings. The molecule has 4 heteroatoms. The molecule has 5 rings (SSSR count). The molecule has 3 aliphatic rings. The summed E-state index contributed by atoms with van der Waals surface area (Å²) in [6, 6.07) is 9.00. The van der Waals surface area contributed by atoms with Crippen LogP contribution in [0.1, 0.15) is 138 Å². The zero-order chi connectivity index (χ0) is 27.0. The van der Waals surface area contributed by atoms with Crippen molar-refractivity contribution in [2.24, 2.45) is 5.41 Å². The second-order valence-corrected chi connectivity index (χ2v) is 19.6. The molecule has 2 aromatic rings. The molecule has 1 aromatic carbocycles. The summed E-state index contributed by atoms with van der Waals surface area (Å²) in [5.74, 6) is 0.344. The number of hydrogen-bond acceptors (Lipinski definition) is 3. The van der Waals surface area contributed by atoms with Crippen LogP contribution in [-0.2, 0) is 21.2 Å². The molecule has 0 saturated heterocycles. The summed E-state index contributed by atoms with van der Waals surface area (Å²) >= 11 is 0. The predicted octanol–water partition coefficient (Wildman–Crippen LogP) is 9.44. The molecule has 2 atom stereocenters. The summed E-state index contributed by atoms with van der Waals surface area (Å²) in [5, 5.41) is 0.162. The smallest absolute Gasteiger partial charge is 0.192 e. The van der Waals surface area contributed by atoms with Gasteiger partial charge in [-0.05, 0) is 73.2 Å². The van der Waals surface area contributed by atoms with Crippen LogP contribution in [0, 0.1) is 12.3 Å². The topological polar surface area (TPSA) is 31.4 Å². The quantitative estimate of drug-likeness (QED) is 0.377. The molecule has 1 aromatic heterocycles. The van der Waals surface area contributed by atoms with E-state index in [-0.39, 0.29) is 28.3 Å². The second kappa shape index (κ2) is 9.03. The van der Waals surface area contributed by atoms with Crippen LogP contribution in [0.2, 0.25) is 18.1 Å². The number of benzene rings is 1. The first kappa shape index (κ1) is 27.1. The molecule has 1 aliphatic heterocycles. The third-order valence-corrected chi connectivity index (χ3v) is 14.2. The molecule has 1 spiro atoms. The normalized spacial score (nSPS) is 24.5. The molecule has 37 heavy (non-hydrogen) atoms. The Kier molecular flexibility index (Phi) is 6.61. The van der Waals surface area contributed by atoms with E-state index in [4.69, 9.17) is 14.1 Å². The minimum Gasteiger partial charge on any atom is -0.410 e. The number of nitrogens with zero attached hydrogens (tertiary/aromatic N) is 1. The van der Waals surface area contributed by atoms with Crippen LogP contribution < -0.4 is 0 Å². The van der Waals surface area contributed by atoms with Gasteiger partial charge in [-0.15, -0.1) is 0 Å². The Bertz CT molecular complexity index is 1170. The minimum atomic E-state index is -2.00. The van der Waals surface area contributed by atoms with Crippen molar-refractivity contribution in [3.63, 3.8) is 0 Å². The lowest BCUT2D eigenvalue weighted by Crippen LogP contribution is -2.44. The fraction of sp³-hybridized carbons (Fsp3) is 0.667. The Morgan fingerprint density at radius 1 is 1.03 bits per heavy atom. The molecular weight excluding hydrogens is 470 g/mol. The summed E-state index contributed by atoms with van der Waals surface area (Å²) in [5.41, 5.74) is 9.26. The van der Waals surface area contributed by atoms with Crippen LogP contribution in [0.4, 0.5) is 0 Å². The van der Waals surface area contributed by atoms with Gasteiger partial charge in [-0.1, -0.05) is 91.1 Å². The number of fused-ring (bicyclic) bond motifs is 4. The molecule has 0 radical (unpaired) electrons. The average Bonchev–Trinajstić information content (AvgIpc) is 3.37. The fourth-order valence-electron chi connectivity index (χ4n) is 6.76. The van der Waals surface area contributed by atoms with Gasteiger partial charge in [-0.25, -0.2) is 0 Å². The third-order valence-electron chi connectivity index (χ3n) is 9.73. The van der Waals surface area contributed by atoms with Crippen molar-refractivity contribution >= 4 is 8.32 Å². The van der Waals surface area contributed by atoms with Gasteiger partial charge >= 0.3 is 0 Å². The highest BCUT2D eigenvalue weighted by atomic mass is 28.4. The zero-order valence-electron chi connectivity index (χ0n) is 25.0. The van der Waals surface area contributed by atoms with Gasteiger partial charge in [0.05, 0.1) is 11.7 Å². The van der Waals surface area contributed by atoms with Crippen LogP contribution in [-0.4, -0.2) is 13.3 Å². The van der Waals surface area contributed by atoms with Crippen molar-refractivity contribution in [1.82, 2.24) is 4.98 Å². The summed E-state index contributed by atoms with van der Waals surface area (Å²) in [6.45, 7) is 23.4. The molecule has 0 bridgehead atoms. The van der Waals surface area contributed by atoms with Crippen LogP contribution in [0.15, 0.2) is 24.3 Å². The van der Waals surface area contributed by atoms with Crippen molar-refractivity contribution < 1.29 is 9.16 Å². The molecule has 1 saturated carbocycles. The van der Waals surface area contributed by atoms with Crippen molar-refractivity contribution in [1.29, 1.82) is 0 Å². The summed E-state index contributed by atoms with van der Waals surface area (Å²) < 4.78 is 14.6. The Morgan fingerprint density at radius 3 is 2.22 bits per heavy atom. The summed E-state index contributed by atoms with van der Waals surface area (Å²) in [4.78, 5) is 5.53. The van der Waals surface area contributed by atoms with Gasteiger partial charge in [0.15, 0.2) is 8.32 Å². The van der Waals surface area contributed by atoms with Crippen molar-refractivity contribution in [2.75, 3.05) is 0 Å². The Hall–Kier alpha value is -1.49. The van der Waals surface area contributed by atoms with Crippen LogP contribution in [0.25, 0.3) is 0 Å². The highest BCUT2D eigenvalue weighted by molar-refractivity contribution is 6.74. The summed E-state index contributed by atoms with van der Waals surface area (Å²) in [7, 11) is -2.00. The van der Waals surface area contributed by atoms with E-state index in [1.807, 2.05) is 0 Å². The number of pyridine rings is 1. The first-order chi connectivity index (χ1) is 17.1. The molecule has 202 valence electrons. The van der Waals surface area contributed by atoms with E-state index in [2.05, 4.69) is 92.7 Å². The lowest BCUT2D eigenvalue weighted by Gasteiger charge is -2.45. The van der Waals surface area contributed by atoms with Crippen LogP contribution in [0.5, 0.6) is 0 Å². The van der Waals surface area contributed by atoms with E-state index in [1.165, 1.54) is 52.0 Å². The number of rotatable bonds is 4. The average molecular weight is 520 g/mol. The molecule has 2 heterocycles. The van der Waals surface area contributed by atoms with Crippen LogP contribution in [0.3, 0.4) is 0 Å². The minimum absolute atomic E-state index is 0.0487. The standard InChI is InChI=1S/C33H49NO2Si/c1-21(2)29-27-28(33(17-11-12-18-33)35-30(27)23-15-13-22(3)14-16-23)26-24(34-29)19-32(7,8)20-25(26)36-37(9,10)31(4,5)6/h13-16,21,25,30H,11-12,17-20H2,1-10H3. The molecule has 2 unspecified atom stereocenters. The monoisotopic (exact) mass is 519 g/mol. The lowest BCUT2D eigenvalue weighted by molar-refractivity contribution is -0.0579. The van der Waals surface area contributed by atoms with E-state index in [0.29, 0.717) is 5.92 Å². The van der Waals surface area contributed by atoms with Gasteiger partial charge in [0.1, 0.15) is 6.10 Å². The Morgan fingerprint density at radius 2 is 1.65 bits per heavy atom. The van der Waals surface area contributed by atoms with Gasteiger partial charge in [-0.2, -0.15) is 0 Å². The maximum Gasteiger partial charge on any atom is 0.192 e. The van der Waals surface area contributed by atoms with Gasteiger partial charge in [0.2, 0.25) is 0 Å². The van der Waals surface area contributed by atoms with Crippen LogP contribution >= 0.6 is 0 Å². The van der Waals surface area contributed by atoms with Gasteiger partial charge in [-0.3, -0.25) is 4.98 Å². The van der Waals surface area contributed by atoms with E-state index in [1.54, 1.807) is 0 Å². The first-order valence-electron chi connectivity index (χ1n) is 14.6. The number of aryl methyl sites for hydroxylation is 1. The third kappa shape index (κ3) is 4.65. The predicted molar refractivity (Wildman–Crippen MR) is 156 cm³/mol. The molecule has 0 amide bonds. The molecule has 0 N–H and O–H groups in total. The van der Waals surface area contributed by atoms with Gasteiger partial charge < -0.3 is 9.16 Å². The first-order valence-corrected chi connectivity index (χ1v) is 17.5. The highest BCUT2D eigenvalue weighted by Crippen LogP contribution is 2.60. The number of hydrogen-bond donors (Lipinski definition) is 0. The molecule has 3 nitrogen and oxygen atoms in total. The second-order valence-electron chi connectivity index (χ2n) is 14.8. The van der Waals surface area contributed by atoms with E-state index in [0.717, 1.165) is 25.7 Å². The SMILES string of the molecule is Cc1ccc(C2OC3(CCCC3)c3c4c(nc(C(C)C)c32)CC(C)(C)CC4O[Si](C)(C)C(C)(C)C)cc1. The maximum atomic E-state index is 7.33. The van der Waals surface area contributed by atoms with Crippen molar-refractivity contribution in [3.8, 4) is 0 Å². The maximum absolute atomic E-state index is 7.33. The number of ether oxygens (including phenoxy) is 1. The highest BCUT2D eigenvalue weighted by Gasteiger charge is 2.54. The fourth-order valence-corrected chi connectivity index (χ4v) is 8.02. The Labute approximate surface area is 226 Å². The molecule has 2 aliphatic carbocycles. The van der Waals surface area contributed by atoms with E-state index in [9.17, 15) is 0 Å². The van der Waals surface area contributed by atoms with Crippen molar-refractivity contribution in [2.45, 2.75) is 136 Å². The van der Waals surface area contributed by atoms with Gasteiger partial charge in [0, 0.05) is 22.5 Å².